The number of nitrogens with zero attached hydrogens (tertiary/aromatic N) is 2. The van der Waals surface area contributed by atoms with Gasteiger partial charge in [0.05, 0.1) is 13.4 Å². The summed E-state index contributed by atoms with van der Waals surface area (Å²) in [6.07, 6.45) is 1.74. The topological polar surface area (TPSA) is 27.1 Å². The van der Waals surface area contributed by atoms with E-state index in [1.807, 2.05) is 30.7 Å². The van der Waals surface area contributed by atoms with E-state index in [0.29, 0.717) is 5.02 Å². The zero-order chi connectivity index (χ0) is 12.6. The van der Waals surface area contributed by atoms with Gasteiger partial charge >= 0.3 is 0 Å². The fraction of sp³-hybridized carbons (Fsp3) is 0.250. The standard InChI is InChI=1S/C12H12BrClN2O/c1-7-4-10(17-3)8(5-9(7)14)11-12(13)16(2)6-15-11/h4-6H,1-3H3. The van der Waals surface area contributed by atoms with E-state index in [-0.39, 0.29) is 0 Å². The molecule has 0 spiro atoms. The lowest BCUT2D eigenvalue weighted by Gasteiger charge is -2.09. The van der Waals surface area contributed by atoms with Crippen LogP contribution in [-0.2, 0) is 7.05 Å². The first kappa shape index (κ1) is 12.5. The van der Waals surface area contributed by atoms with E-state index in [4.69, 9.17) is 16.3 Å². The van der Waals surface area contributed by atoms with Crippen molar-refractivity contribution in [3.05, 3.63) is 33.6 Å². The molecule has 2 rings (SSSR count). The minimum Gasteiger partial charge on any atom is -0.496 e. The summed E-state index contributed by atoms with van der Waals surface area (Å²) in [5.74, 6) is 0.770. The summed E-state index contributed by atoms with van der Waals surface area (Å²) in [5.41, 5.74) is 2.70. The van der Waals surface area contributed by atoms with Crippen LogP contribution in [0.4, 0.5) is 0 Å². The van der Waals surface area contributed by atoms with Crippen molar-refractivity contribution in [1.29, 1.82) is 0 Å². The first-order valence-corrected chi connectivity index (χ1v) is 6.23. The van der Waals surface area contributed by atoms with Crippen LogP contribution in [0.15, 0.2) is 23.1 Å². The van der Waals surface area contributed by atoms with Crippen molar-refractivity contribution < 1.29 is 4.74 Å². The number of methoxy groups -OCH3 is 1. The number of ether oxygens (including phenoxy) is 1. The Hall–Kier alpha value is -1.00. The van der Waals surface area contributed by atoms with E-state index in [2.05, 4.69) is 20.9 Å². The summed E-state index contributed by atoms with van der Waals surface area (Å²) in [6.45, 7) is 1.95. The molecule has 2 aromatic rings. The molecule has 5 heteroatoms. The number of aryl methyl sites for hydroxylation is 2. The van der Waals surface area contributed by atoms with Crippen molar-refractivity contribution >= 4 is 27.5 Å². The van der Waals surface area contributed by atoms with Gasteiger partial charge in [-0.1, -0.05) is 11.6 Å². The molecule has 1 aromatic heterocycles. The second-order valence-corrected chi connectivity index (χ2v) is 4.95. The van der Waals surface area contributed by atoms with Crippen LogP contribution in [0.25, 0.3) is 11.3 Å². The van der Waals surface area contributed by atoms with Gasteiger partial charge in [-0.25, -0.2) is 4.98 Å². The zero-order valence-electron chi connectivity index (χ0n) is 9.79. The van der Waals surface area contributed by atoms with Crippen LogP contribution in [0.2, 0.25) is 5.02 Å². The van der Waals surface area contributed by atoms with Gasteiger partial charge in [0, 0.05) is 17.6 Å². The molecule has 0 saturated heterocycles. The fourth-order valence-corrected chi connectivity index (χ4v) is 2.18. The van der Waals surface area contributed by atoms with Gasteiger partial charge in [-0.05, 0) is 40.5 Å². The molecule has 0 bridgehead atoms. The zero-order valence-corrected chi connectivity index (χ0v) is 12.1. The normalized spacial score (nSPS) is 10.6. The minimum absolute atomic E-state index is 0.707. The molecule has 1 aromatic carbocycles. The number of halogens is 2. The number of imidazole rings is 1. The van der Waals surface area contributed by atoms with Gasteiger partial charge in [0.25, 0.3) is 0 Å². The Morgan fingerprint density at radius 3 is 2.65 bits per heavy atom. The molecule has 0 fully saturated rings. The van der Waals surface area contributed by atoms with Crippen molar-refractivity contribution in [1.82, 2.24) is 9.55 Å². The molecule has 17 heavy (non-hydrogen) atoms. The third-order valence-electron chi connectivity index (χ3n) is 2.60. The molecular weight excluding hydrogens is 304 g/mol. The lowest BCUT2D eigenvalue weighted by molar-refractivity contribution is 0.416. The Kier molecular flexibility index (Phi) is 3.45. The first-order valence-electron chi connectivity index (χ1n) is 5.06. The molecule has 0 radical (unpaired) electrons. The van der Waals surface area contributed by atoms with Gasteiger partial charge in [-0.15, -0.1) is 0 Å². The van der Waals surface area contributed by atoms with Crippen LogP contribution in [0, 0.1) is 6.92 Å². The molecular formula is C12H12BrClN2O. The lowest BCUT2D eigenvalue weighted by atomic mass is 10.1. The molecule has 0 aliphatic carbocycles. The highest BCUT2D eigenvalue weighted by molar-refractivity contribution is 9.10. The Morgan fingerprint density at radius 1 is 1.41 bits per heavy atom. The van der Waals surface area contributed by atoms with Gasteiger partial charge in [0.15, 0.2) is 0 Å². The van der Waals surface area contributed by atoms with Crippen molar-refractivity contribution in [2.24, 2.45) is 7.05 Å². The smallest absolute Gasteiger partial charge is 0.128 e. The lowest BCUT2D eigenvalue weighted by Crippen LogP contribution is -1.91. The molecule has 0 N–H and O–H groups in total. The summed E-state index contributed by atoms with van der Waals surface area (Å²) >= 11 is 9.64. The SMILES string of the molecule is COc1cc(C)c(Cl)cc1-c1ncn(C)c1Br. The number of aromatic nitrogens is 2. The van der Waals surface area contributed by atoms with Crippen LogP contribution in [-0.4, -0.2) is 16.7 Å². The van der Waals surface area contributed by atoms with E-state index >= 15 is 0 Å². The van der Waals surface area contributed by atoms with Crippen LogP contribution in [0.5, 0.6) is 5.75 Å². The second kappa shape index (κ2) is 4.70. The van der Waals surface area contributed by atoms with Gasteiger partial charge in [0.1, 0.15) is 16.0 Å². The van der Waals surface area contributed by atoms with Gasteiger partial charge < -0.3 is 9.30 Å². The Labute approximate surface area is 114 Å². The van der Waals surface area contributed by atoms with Crippen LogP contribution in [0.3, 0.4) is 0 Å². The van der Waals surface area contributed by atoms with Crippen LogP contribution < -0.4 is 4.74 Å². The van der Waals surface area contributed by atoms with Gasteiger partial charge in [-0.3, -0.25) is 0 Å². The summed E-state index contributed by atoms with van der Waals surface area (Å²) in [6, 6.07) is 3.79. The van der Waals surface area contributed by atoms with Crippen molar-refractivity contribution in [2.45, 2.75) is 6.92 Å². The second-order valence-electron chi connectivity index (χ2n) is 3.80. The monoisotopic (exact) mass is 314 g/mol. The van der Waals surface area contributed by atoms with Gasteiger partial charge in [-0.2, -0.15) is 0 Å². The number of rotatable bonds is 2. The molecule has 0 aliphatic heterocycles. The quantitative estimate of drug-likeness (QED) is 0.842. The summed E-state index contributed by atoms with van der Waals surface area (Å²) in [5, 5.41) is 0.707. The summed E-state index contributed by atoms with van der Waals surface area (Å²) < 4.78 is 8.16. The van der Waals surface area contributed by atoms with Crippen molar-refractivity contribution in [3.8, 4) is 17.0 Å². The molecule has 0 saturated carbocycles. The van der Waals surface area contributed by atoms with E-state index in [9.17, 15) is 0 Å². The Morgan fingerprint density at radius 2 is 2.12 bits per heavy atom. The van der Waals surface area contributed by atoms with Crippen LogP contribution in [0.1, 0.15) is 5.56 Å². The largest absolute Gasteiger partial charge is 0.496 e. The predicted octanol–water partition coefficient (Wildman–Crippen LogP) is 3.82. The molecule has 0 unspecified atom stereocenters. The maximum Gasteiger partial charge on any atom is 0.128 e. The van der Waals surface area contributed by atoms with Crippen molar-refractivity contribution in [2.75, 3.05) is 7.11 Å². The predicted molar refractivity (Wildman–Crippen MR) is 72.6 cm³/mol. The highest BCUT2D eigenvalue weighted by atomic mass is 79.9. The van der Waals surface area contributed by atoms with E-state index < -0.39 is 0 Å². The van der Waals surface area contributed by atoms with E-state index in [0.717, 1.165) is 27.2 Å². The highest BCUT2D eigenvalue weighted by Crippen LogP contribution is 2.36. The van der Waals surface area contributed by atoms with E-state index in [1.165, 1.54) is 0 Å². The molecule has 1 heterocycles. The average Bonchev–Trinajstić information content (AvgIpc) is 2.63. The first-order chi connectivity index (χ1) is 8.04. The highest BCUT2D eigenvalue weighted by Gasteiger charge is 2.15. The minimum atomic E-state index is 0.707. The molecule has 0 aliphatic rings. The molecule has 90 valence electrons. The average molecular weight is 316 g/mol. The molecule has 0 atom stereocenters. The summed E-state index contributed by atoms with van der Waals surface area (Å²) in [4.78, 5) is 4.34. The third-order valence-corrected chi connectivity index (χ3v) is 3.94. The fourth-order valence-electron chi connectivity index (χ4n) is 1.60. The Bertz CT molecular complexity index is 566. The Balaban J connectivity index is 2.66. The maximum atomic E-state index is 6.15. The van der Waals surface area contributed by atoms with Crippen molar-refractivity contribution in [3.63, 3.8) is 0 Å². The van der Waals surface area contributed by atoms with E-state index in [1.54, 1.807) is 13.4 Å². The van der Waals surface area contributed by atoms with Crippen LogP contribution >= 0.6 is 27.5 Å². The number of hydrogen-bond donors (Lipinski definition) is 0. The third kappa shape index (κ3) is 2.19. The molecule has 3 nitrogen and oxygen atoms in total. The number of benzene rings is 1. The summed E-state index contributed by atoms with van der Waals surface area (Å²) in [7, 11) is 3.56. The maximum absolute atomic E-state index is 6.15. The van der Waals surface area contributed by atoms with Gasteiger partial charge in [0.2, 0.25) is 0 Å². The molecule has 0 amide bonds. The number of hydrogen-bond acceptors (Lipinski definition) is 2.